The first kappa shape index (κ1) is 11.3. The molecular weight excluding hydrogens is 216 g/mol. The zero-order valence-electron chi connectivity index (χ0n) is 9.82. The van der Waals surface area contributed by atoms with Gasteiger partial charge in [-0.25, -0.2) is 0 Å². The quantitative estimate of drug-likeness (QED) is 0.879. The molecule has 1 atom stereocenters. The van der Waals surface area contributed by atoms with Crippen LogP contribution in [0.3, 0.4) is 0 Å². The lowest BCUT2D eigenvalue weighted by Gasteiger charge is -2.16. The van der Waals surface area contributed by atoms with Gasteiger partial charge in [0.05, 0.1) is 11.7 Å². The molecule has 0 aliphatic rings. The topological polar surface area (TPSA) is 24.9 Å². The summed E-state index contributed by atoms with van der Waals surface area (Å²) < 4.78 is 0. The first-order chi connectivity index (χ1) is 7.72. The molecule has 0 radical (unpaired) electrons. The van der Waals surface area contributed by atoms with Gasteiger partial charge >= 0.3 is 0 Å². The van der Waals surface area contributed by atoms with E-state index < -0.39 is 0 Å². The van der Waals surface area contributed by atoms with E-state index >= 15 is 0 Å². The number of hydrogen-bond acceptors (Lipinski definition) is 3. The van der Waals surface area contributed by atoms with Gasteiger partial charge in [-0.15, -0.1) is 11.3 Å². The third-order valence-corrected chi connectivity index (χ3v) is 3.58. The Balaban J connectivity index is 2.41. The minimum atomic E-state index is 0.209. The molecule has 2 aromatic rings. The zero-order valence-corrected chi connectivity index (χ0v) is 10.6. The number of aromatic nitrogens is 1. The van der Waals surface area contributed by atoms with Crippen LogP contribution in [0.2, 0.25) is 0 Å². The smallest absolute Gasteiger partial charge is 0.0845 e. The average molecular weight is 232 g/mol. The Morgan fingerprint density at radius 3 is 2.75 bits per heavy atom. The van der Waals surface area contributed by atoms with E-state index in [0.29, 0.717) is 0 Å². The van der Waals surface area contributed by atoms with Crippen LogP contribution in [0.15, 0.2) is 29.8 Å². The van der Waals surface area contributed by atoms with E-state index in [-0.39, 0.29) is 6.04 Å². The lowest BCUT2D eigenvalue weighted by Crippen LogP contribution is -2.19. The minimum absolute atomic E-state index is 0.209. The van der Waals surface area contributed by atoms with Crippen molar-refractivity contribution in [2.24, 2.45) is 0 Å². The molecule has 2 nitrogen and oxygen atoms in total. The van der Waals surface area contributed by atoms with Crippen molar-refractivity contribution in [3.05, 3.63) is 51.5 Å². The maximum absolute atomic E-state index is 4.55. The van der Waals surface area contributed by atoms with E-state index in [4.69, 9.17) is 0 Å². The third-order valence-electron chi connectivity index (χ3n) is 2.65. The molecule has 0 saturated carbocycles. The van der Waals surface area contributed by atoms with Crippen molar-refractivity contribution in [2.45, 2.75) is 19.9 Å². The Morgan fingerprint density at radius 1 is 1.38 bits per heavy atom. The highest BCUT2D eigenvalue weighted by molar-refractivity contribution is 7.10. The van der Waals surface area contributed by atoms with Crippen LogP contribution in [0.1, 0.15) is 27.7 Å². The number of rotatable bonds is 3. The van der Waals surface area contributed by atoms with Gasteiger partial charge in [0.1, 0.15) is 0 Å². The first-order valence-corrected chi connectivity index (χ1v) is 6.24. The molecule has 0 spiro atoms. The van der Waals surface area contributed by atoms with Crippen LogP contribution >= 0.6 is 11.3 Å². The molecule has 3 heteroatoms. The summed E-state index contributed by atoms with van der Waals surface area (Å²) >= 11 is 1.76. The van der Waals surface area contributed by atoms with Crippen LogP contribution in [-0.2, 0) is 0 Å². The summed E-state index contributed by atoms with van der Waals surface area (Å²) in [5.74, 6) is 0. The molecule has 2 rings (SSSR count). The zero-order chi connectivity index (χ0) is 11.5. The minimum Gasteiger partial charge on any atom is -0.307 e. The molecular formula is C13H16N2S. The number of hydrogen-bond donors (Lipinski definition) is 1. The Hall–Kier alpha value is -1.19. The summed E-state index contributed by atoms with van der Waals surface area (Å²) in [5, 5.41) is 5.43. The van der Waals surface area contributed by atoms with E-state index in [2.05, 4.69) is 47.7 Å². The second kappa shape index (κ2) is 4.76. The van der Waals surface area contributed by atoms with E-state index in [1.165, 1.54) is 16.0 Å². The van der Waals surface area contributed by atoms with Crippen molar-refractivity contribution in [1.82, 2.24) is 10.3 Å². The lowest BCUT2D eigenvalue weighted by molar-refractivity contribution is 0.676. The predicted octanol–water partition coefficient (Wildman–Crippen LogP) is 3.07. The predicted molar refractivity (Wildman–Crippen MR) is 68.9 cm³/mol. The molecule has 0 aliphatic carbocycles. The van der Waals surface area contributed by atoms with Crippen molar-refractivity contribution in [2.75, 3.05) is 7.05 Å². The lowest BCUT2D eigenvalue weighted by atomic mass is 10.1. The molecule has 0 aromatic carbocycles. The van der Waals surface area contributed by atoms with Crippen molar-refractivity contribution in [3.63, 3.8) is 0 Å². The highest BCUT2D eigenvalue weighted by Crippen LogP contribution is 2.26. The second-order valence-electron chi connectivity index (χ2n) is 3.95. The van der Waals surface area contributed by atoms with Crippen LogP contribution in [0, 0.1) is 13.8 Å². The van der Waals surface area contributed by atoms with Gasteiger partial charge in [-0.3, -0.25) is 4.98 Å². The highest BCUT2D eigenvalue weighted by Gasteiger charge is 2.16. The molecule has 0 fully saturated rings. The van der Waals surface area contributed by atoms with E-state index in [9.17, 15) is 0 Å². The Labute approximate surface area is 100 Å². The fraction of sp³-hybridized carbons (Fsp3) is 0.308. The molecule has 2 aromatic heterocycles. The molecule has 0 aliphatic heterocycles. The summed E-state index contributed by atoms with van der Waals surface area (Å²) in [6.07, 6.45) is 1.93. The van der Waals surface area contributed by atoms with E-state index in [0.717, 1.165) is 5.69 Å². The SMILES string of the molecule is CNC(c1cccs1)c1ncc(C)cc1C. The van der Waals surface area contributed by atoms with Gasteiger partial charge in [-0.05, 0) is 43.5 Å². The molecule has 0 bridgehead atoms. The standard InChI is InChI=1S/C13H16N2S/c1-9-7-10(2)12(15-8-9)13(14-3)11-5-4-6-16-11/h4-8,13-14H,1-3H3. The van der Waals surface area contributed by atoms with E-state index in [1.807, 2.05) is 13.2 Å². The summed E-state index contributed by atoms with van der Waals surface area (Å²) in [6, 6.07) is 6.61. The Kier molecular flexibility index (Phi) is 3.36. The Bertz CT molecular complexity index is 463. The maximum Gasteiger partial charge on any atom is 0.0845 e. The van der Waals surface area contributed by atoms with Gasteiger partial charge in [0.2, 0.25) is 0 Å². The van der Waals surface area contributed by atoms with Crippen LogP contribution in [0.4, 0.5) is 0 Å². The molecule has 16 heavy (non-hydrogen) atoms. The number of pyridine rings is 1. The Morgan fingerprint density at radius 2 is 2.19 bits per heavy atom. The third kappa shape index (κ3) is 2.15. The summed E-state index contributed by atoms with van der Waals surface area (Å²) in [6.45, 7) is 4.19. The van der Waals surface area contributed by atoms with Crippen molar-refractivity contribution >= 4 is 11.3 Å². The van der Waals surface area contributed by atoms with E-state index in [1.54, 1.807) is 11.3 Å². The van der Waals surface area contributed by atoms with Gasteiger partial charge in [-0.1, -0.05) is 12.1 Å². The maximum atomic E-state index is 4.55. The van der Waals surface area contributed by atoms with Crippen molar-refractivity contribution in [1.29, 1.82) is 0 Å². The molecule has 1 unspecified atom stereocenters. The summed E-state index contributed by atoms with van der Waals surface area (Å²) in [7, 11) is 1.98. The molecule has 2 heterocycles. The van der Waals surface area contributed by atoms with Crippen LogP contribution in [-0.4, -0.2) is 12.0 Å². The van der Waals surface area contributed by atoms with Crippen LogP contribution in [0.5, 0.6) is 0 Å². The fourth-order valence-corrected chi connectivity index (χ4v) is 2.73. The second-order valence-corrected chi connectivity index (χ2v) is 4.93. The van der Waals surface area contributed by atoms with Crippen LogP contribution in [0.25, 0.3) is 0 Å². The highest BCUT2D eigenvalue weighted by atomic mass is 32.1. The molecule has 84 valence electrons. The number of nitrogens with zero attached hydrogens (tertiary/aromatic N) is 1. The van der Waals surface area contributed by atoms with Gasteiger partial charge in [-0.2, -0.15) is 0 Å². The molecule has 0 saturated heterocycles. The molecule has 0 amide bonds. The fourth-order valence-electron chi connectivity index (χ4n) is 1.90. The number of aryl methyl sites for hydroxylation is 2. The van der Waals surface area contributed by atoms with Gasteiger partial charge in [0, 0.05) is 11.1 Å². The van der Waals surface area contributed by atoms with Crippen molar-refractivity contribution in [3.8, 4) is 0 Å². The monoisotopic (exact) mass is 232 g/mol. The summed E-state index contributed by atoms with van der Waals surface area (Å²) in [4.78, 5) is 5.86. The van der Waals surface area contributed by atoms with Crippen LogP contribution < -0.4 is 5.32 Å². The molecule has 1 N–H and O–H groups in total. The van der Waals surface area contributed by atoms with Gasteiger partial charge < -0.3 is 5.32 Å². The summed E-state index contributed by atoms with van der Waals surface area (Å²) in [5.41, 5.74) is 3.57. The van der Waals surface area contributed by atoms with Gasteiger partial charge in [0.25, 0.3) is 0 Å². The first-order valence-electron chi connectivity index (χ1n) is 5.36. The largest absolute Gasteiger partial charge is 0.307 e. The average Bonchev–Trinajstić information content (AvgIpc) is 2.75. The van der Waals surface area contributed by atoms with Gasteiger partial charge in [0.15, 0.2) is 0 Å². The number of thiophene rings is 1. The van der Waals surface area contributed by atoms with Crippen molar-refractivity contribution < 1.29 is 0 Å². The number of nitrogens with one attached hydrogen (secondary N) is 1. The normalized spacial score (nSPS) is 12.7.